The SMILES string of the molecule is c1cc(-c2cc3c4ccccc4ccc3c3ccccc23)cc(-n2c3ccccc3c3cc(-c4ccc5c(c4)c4ccccc4n5-c4ccc5ccccc5c4)ccc32)c1. The molecule has 0 N–H and O–H groups in total. The number of para-hydroxylation sites is 2. The van der Waals surface area contributed by atoms with E-state index in [1.54, 1.807) is 0 Å². The first kappa shape index (κ1) is 33.1. The highest BCUT2D eigenvalue weighted by Gasteiger charge is 2.18. The Bertz CT molecular complexity index is 3900. The topological polar surface area (TPSA) is 9.86 Å². The summed E-state index contributed by atoms with van der Waals surface area (Å²) in [5.41, 5.74) is 12.0. The van der Waals surface area contributed by atoms with Crippen molar-refractivity contribution in [3.8, 4) is 33.6 Å². The lowest BCUT2D eigenvalue weighted by Gasteiger charge is -2.15. The van der Waals surface area contributed by atoms with Gasteiger partial charge in [-0.25, -0.2) is 0 Å². The van der Waals surface area contributed by atoms with E-state index in [4.69, 9.17) is 0 Å². The molecule has 2 aromatic heterocycles. The molecule has 11 aromatic carbocycles. The third-order valence-electron chi connectivity index (χ3n) is 12.9. The fourth-order valence-electron chi connectivity index (χ4n) is 10.1. The molecule has 278 valence electrons. The highest BCUT2D eigenvalue weighted by Crippen LogP contribution is 2.41. The Labute approximate surface area is 346 Å². The quantitative estimate of drug-likeness (QED) is 0.158. The van der Waals surface area contributed by atoms with Crippen LogP contribution in [0.4, 0.5) is 0 Å². The van der Waals surface area contributed by atoms with Gasteiger partial charge in [-0.2, -0.15) is 0 Å². The lowest BCUT2D eigenvalue weighted by atomic mass is 9.91. The molecule has 0 aliphatic carbocycles. The molecule has 0 radical (unpaired) electrons. The number of nitrogens with zero attached hydrogens (tertiary/aromatic N) is 2. The second kappa shape index (κ2) is 12.8. The van der Waals surface area contributed by atoms with E-state index in [0.717, 1.165) is 5.69 Å². The maximum atomic E-state index is 2.44. The van der Waals surface area contributed by atoms with Crippen LogP contribution in [0, 0.1) is 0 Å². The van der Waals surface area contributed by atoms with Crippen molar-refractivity contribution in [3.63, 3.8) is 0 Å². The molecule has 0 saturated heterocycles. The van der Waals surface area contributed by atoms with Gasteiger partial charge < -0.3 is 9.13 Å². The number of rotatable bonds is 4. The van der Waals surface area contributed by atoms with Gasteiger partial charge in [-0.05, 0) is 132 Å². The Morgan fingerprint density at radius 1 is 0.217 bits per heavy atom. The van der Waals surface area contributed by atoms with Crippen LogP contribution in [0.1, 0.15) is 0 Å². The van der Waals surface area contributed by atoms with Gasteiger partial charge in [0.1, 0.15) is 0 Å². The number of aromatic nitrogens is 2. The molecule has 60 heavy (non-hydrogen) atoms. The van der Waals surface area contributed by atoms with E-state index in [0.29, 0.717) is 0 Å². The molecule has 0 amide bonds. The summed E-state index contributed by atoms with van der Waals surface area (Å²) in [6.45, 7) is 0. The number of fused-ring (bicyclic) bond motifs is 12. The normalized spacial score (nSPS) is 12.0. The highest BCUT2D eigenvalue weighted by molar-refractivity contribution is 6.21. The summed E-state index contributed by atoms with van der Waals surface area (Å²) in [6.07, 6.45) is 0. The maximum absolute atomic E-state index is 2.44. The minimum absolute atomic E-state index is 1.15. The van der Waals surface area contributed by atoms with Crippen molar-refractivity contribution in [2.45, 2.75) is 0 Å². The highest BCUT2D eigenvalue weighted by atomic mass is 15.0. The van der Waals surface area contributed by atoms with Gasteiger partial charge in [0.25, 0.3) is 0 Å². The van der Waals surface area contributed by atoms with Crippen molar-refractivity contribution < 1.29 is 0 Å². The molecule has 13 aromatic rings. The van der Waals surface area contributed by atoms with Crippen LogP contribution >= 0.6 is 0 Å². The molecule has 2 heterocycles. The average Bonchev–Trinajstić information content (AvgIpc) is 3.83. The Kier molecular flexibility index (Phi) is 7.05. The summed E-state index contributed by atoms with van der Waals surface area (Å²) in [4.78, 5) is 0. The van der Waals surface area contributed by atoms with Gasteiger partial charge in [0.2, 0.25) is 0 Å². The summed E-state index contributed by atoms with van der Waals surface area (Å²) >= 11 is 0. The summed E-state index contributed by atoms with van der Waals surface area (Å²) < 4.78 is 4.85. The molecule has 0 atom stereocenters. The first-order valence-corrected chi connectivity index (χ1v) is 20.8. The van der Waals surface area contributed by atoms with E-state index in [1.807, 2.05) is 0 Å². The van der Waals surface area contributed by atoms with Crippen molar-refractivity contribution in [1.82, 2.24) is 9.13 Å². The first-order valence-electron chi connectivity index (χ1n) is 20.8. The minimum Gasteiger partial charge on any atom is -0.309 e. The lowest BCUT2D eigenvalue weighted by Crippen LogP contribution is -1.95. The minimum atomic E-state index is 1.15. The van der Waals surface area contributed by atoms with E-state index >= 15 is 0 Å². The van der Waals surface area contributed by atoms with Gasteiger partial charge in [0.05, 0.1) is 22.1 Å². The summed E-state index contributed by atoms with van der Waals surface area (Å²) in [6, 6.07) is 80.6. The lowest BCUT2D eigenvalue weighted by molar-refractivity contribution is 1.18. The molecular formula is C58H36N2. The largest absolute Gasteiger partial charge is 0.309 e. The predicted octanol–water partition coefficient (Wildman–Crippen LogP) is 15.8. The number of benzene rings is 11. The molecule has 0 spiro atoms. The van der Waals surface area contributed by atoms with Crippen LogP contribution in [-0.2, 0) is 0 Å². The fraction of sp³-hybridized carbons (Fsp3) is 0. The Morgan fingerprint density at radius 2 is 0.733 bits per heavy atom. The van der Waals surface area contributed by atoms with Crippen LogP contribution in [0.5, 0.6) is 0 Å². The zero-order valence-corrected chi connectivity index (χ0v) is 32.7. The second-order valence-electron chi connectivity index (χ2n) is 16.1. The van der Waals surface area contributed by atoms with Gasteiger partial charge in [-0.15, -0.1) is 0 Å². The van der Waals surface area contributed by atoms with Gasteiger partial charge in [-0.3, -0.25) is 0 Å². The standard InChI is InChI=1S/C58H36N2/c1-2-14-39-32-44(28-24-37(39)12-1)60-56-23-10-8-21-50(56)54-35-41(27-31-58(54)60)40-26-30-57-53(34-40)49-20-7-9-22-55(49)59(57)43-16-11-15-42(33-43)51-36-52-45-17-4-3-13-38(45)25-29-48(52)46-18-5-6-19-47(46)51/h1-36H. The van der Waals surface area contributed by atoms with Gasteiger partial charge >= 0.3 is 0 Å². The molecule has 13 rings (SSSR count). The summed E-state index contributed by atoms with van der Waals surface area (Å²) in [5.74, 6) is 0. The van der Waals surface area contributed by atoms with Gasteiger partial charge in [-0.1, -0.05) is 152 Å². The molecule has 2 heteroatoms. The van der Waals surface area contributed by atoms with Crippen molar-refractivity contribution in [2.24, 2.45) is 0 Å². The molecule has 0 aliphatic rings. The molecule has 0 bridgehead atoms. The second-order valence-corrected chi connectivity index (χ2v) is 16.1. The third-order valence-corrected chi connectivity index (χ3v) is 12.9. The van der Waals surface area contributed by atoms with E-state index in [1.165, 1.54) is 115 Å². The molecule has 0 saturated carbocycles. The zero-order chi connectivity index (χ0) is 39.3. The summed E-state index contributed by atoms with van der Waals surface area (Å²) in [5, 5.41) is 15.2. The van der Waals surface area contributed by atoms with E-state index < -0.39 is 0 Å². The van der Waals surface area contributed by atoms with E-state index in [9.17, 15) is 0 Å². The van der Waals surface area contributed by atoms with Gasteiger partial charge in [0.15, 0.2) is 0 Å². The van der Waals surface area contributed by atoms with Crippen LogP contribution in [-0.4, -0.2) is 9.13 Å². The van der Waals surface area contributed by atoms with Crippen LogP contribution < -0.4 is 0 Å². The zero-order valence-electron chi connectivity index (χ0n) is 32.7. The van der Waals surface area contributed by atoms with Crippen LogP contribution in [0.2, 0.25) is 0 Å². The fourth-order valence-corrected chi connectivity index (χ4v) is 10.1. The van der Waals surface area contributed by atoms with Crippen molar-refractivity contribution in [2.75, 3.05) is 0 Å². The Hall–Kier alpha value is -7.94. The van der Waals surface area contributed by atoms with Crippen LogP contribution in [0.15, 0.2) is 218 Å². The van der Waals surface area contributed by atoms with Crippen LogP contribution in [0.3, 0.4) is 0 Å². The van der Waals surface area contributed by atoms with E-state index in [-0.39, 0.29) is 0 Å². The van der Waals surface area contributed by atoms with Crippen molar-refractivity contribution in [3.05, 3.63) is 218 Å². The summed E-state index contributed by atoms with van der Waals surface area (Å²) in [7, 11) is 0. The maximum Gasteiger partial charge on any atom is 0.0541 e. The number of hydrogen-bond acceptors (Lipinski definition) is 0. The Morgan fingerprint density at radius 3 is 1.43 bits per heavy atom. The number of hydrogen-bond donors (Lipinski definition) is 0. The molecule has 0 fully saturated rings. The van der Waals surface area contributed by atoms with Crippen LogP contribution in [0.25, 0.3) is 120 Å². The van der Waals surface area contributed by atoms with Gasteiger partial charge in [0, 0.05) is 32.9 Å². The van der Waals surface area contributed by atoms with Crippen molar-refractivity contribution in [1.29, 1.82) is 0 Å². The van der Waals surface area contributed by atoms with Crippen molar-refractivity contribution >= 4 is 86.7 Å². The molecule has 0 aliphatic heterocycles. The third kappa shape index (κ3) is 4.88. The predicted molar refractivity (Wildman–Crippen MR) is 256 cm³/mol. The monoisotopic (exact) mass is 760 g/mol. The Balaban J connectivity index is 0.966. The molecule has 2 nitrogen and oxygen atoms in total. The van der Waals surface area contributed by atoms with E-state index in [2.05, 4.69) is 228 Å². The first-order chi connectivity index (χ1) is 29.7. The molecule has 0 unspecified atom stereocenters. The average molecular weight is 761 g/mol. The molecular weight excluding hydrogens is 725 g/mol. The smallest absolute Gasteiger partial charge is 0.0541 e.